The predicted octanol–water partition coefficient (Wildman–Crippen LogP) is 4.03. The van der Waals surface area contributed by atoms with E-state index in [2.05, 4.69) is 13.0 Å². The molecule has 106 valence electrons. The van der Waals surface area contributed by atoms with Crippen LogP contribution in [0.15, 0.2) is 18.2 Å². The van der Waals surface area contributed by atoms with Crippen molar-refractivity contribution >= 4 is 5.78 Å². The van der Waals surface area contributed by atoms with Crippen LogP contribution >= 0.6 is 0 Å². The molecule has 0 saturated carbocycles. The molecule has 0 aliphatic heterocycles. The first kappa shape index (κ1) is 15.9. The molecule has 0 aliphatic rings. The minimum absolute atomic E-state index is 0.277. The van der Waals surface area contributed by atoms with Crippen molar-refractivity contribution in [1.29, 1.82) is 0 Å². The van der Waals surface area contributed by atoms with E-state index in [4.69, 9.17) is 5.73 Å². The van der Waals surface area contributed by atoms with Crippen molar-refractivity contribution in [2.75, 3.05) is 6.54 Å². The zero-order chi connectivity index (χ0) is 14.3. The topological polar surface area (TPSA) is 43.1 Å². The molecular weight excluding hydrogens is 234 g/mol. The van der Waals surface area contributed by atoms with Crippen LogP contribution < -0.4 is 5.73 Å². The van der Waals surface area contributed by atoms with Crippen LogP contribution in [-0.4, -0.2) is 12.3 Å². The average molecular weight is 261 g/mol. The lowest BCUT2D eigenvalue weighted by atomic mass is 9.91. The molecule has 1 aromatic rings. The Kier molecular flexibility index (Phi) is 6.79. The summed E-state index contributed by atoms with van der Waals surface area (Å²) < 4.78 is 0. The van der Waals surface area contributed by atoms with Crippen LogP contribution in [0, 0.1) is 19.8 Å². The molecule has 0 saturated heterocycles. The summed E-state index contributed by atoms with van der Waals surface area (Å²) in [5, 5.41) is 0. The van der Waals surface area contributed by atoms with Gasteiger partial charge in [-0.25, -0.2) is 0 Å². The Bertz CT molecular complexity index is 406. The number of carbonyl (C=O) groups excluding carboxylic acids is 1. The molecule has 0 aromatic heterocycles. The minimum atomic E-state index is 0.277. The summed E-state index contributed by atoms with van der Waals surface area (Å²) in [7, 11) is 0. The first-order valence-corrected chi connectivity index (χ1v) is 7.39. The molecule has 0 aliphatic carbocycles. The van der Waals surface area contributed by atoms with Crippen LogP contribution in [0.5, 0.6) is 0 Å². The third-order valence-electron chi connectivity index (χ3n) is 3.74. The molecule has 0 radical (unpaired) electrons. The zero-order valence-corrected chi connectivity index (χ0v) is 12.5. The largest absolute Gasteiger partial charge is 0.330 e. The number of aryl methyl sites for hydroxylation is 2. The second-order valence-electron chi connectivity index (χ2n) is 5.51. The summed E-state index contributed by atoms with van der Waals surface area (Å²) in [4.78, 5) is 12.3. The highest BCUT2D eigenvalue weighted by molar-refractivity contribution is 5.97. The van der Waals surface area contributed by atoms with Gasteiger partial charge >= 0.3 is 0 Å². The van der Waals surface area contributed by atoms with Gasteiger partial charge in [0.05, 0.1) is 0 Å². The first-order chi connectivity index (χ1) is 9.08. The van der Waals surface area contributed by atoms with Crippen LogP contribution in [0.2, 0.25) is 0 Å². The summed E-state index contributed by atoms with van der Waals surface area (Å²) in [5.41, 5.74) is 8.77. The number of hydrogen-bond donors (Lipinski definition) is 1. The fourth-order valence-corrected chi connectivity index (χ4v) is 2.58. The van der Waals surface area contributed by atoms with Crippen LogP contribution in [0.1, 0.15) is 60.5 Å². The SMILES string of the molecule is CCCC(CCN)CCC(=O)c1cc(C)ccc1C. The Hall–Kier alpha value is -1.15. The molecule has 2 nitrogen and oxygen atoms in total. The maximum absolute atomic E-state index is 12.3. The Labute approximate surface area is 117 Å². The number of rotatable bonds is 8. The number of hydrogen-bond acceptors (Lipinski definition) is 2. The fourth-order valence-electron chi connectivity index (χ4n) is 2.58. The Balaban J connectivity index is 2.61. The fraction of sp³-hybridized carbons (Fsp3) is 0.588. The molecule has 2 N–H and O–H groups in total. The third kappa shape index (κ3) is 5.15. The lowest BCUT2D eigenvalue weighted by Crippen LogP contribution is -2.11. The Morgan fingerprint density at radius 2 is 1.95 bits per heavy atom. The summed E-state index contributed by atoms with van der Waals surface area (Å²) in [6.07, 6.45) is 5.00. The second kappa shape index (κ2) is 8.11. The van der Waals surface area contributed by atoms with Crippen molar-refractivity contribution in [3.63, 3.8) is 0 Å². The van der Waals surface area contributed by atoms with E-state index >= 15 is 0 Å². The van der Waals surface area contributed by atoms with Gasteiger partial charge in [-0.1, -0.05) is 37.5 Å². The van der Waals surface area contributed by atoms with Crippen LogP contribution in [0.25, 0.3) is 0 Å². The van der Waals surface area contributed by atoms with Gasteiger partial charge in [0, 0.05) is 12.0 Å². The summed E-state index contributed by atoms with van der Waals surface area (Å²) in [6.45, 7) is 6.96. The highest BCUT2D eigenvalue weighted by Crippen LogP contribution is 2.20. The first-order valence-electron chi connectivity index (χ1n) is 7.39. The molecule has 1 rings (SSSR count). The highest BCUT2D eigenvalue weighted by Gasteiger charge is 2.13. The van der Waals surface area contributed by atoms with Gasteiger partial charge < -0.3 is 5.73 Å². The lowest BCUT2D eigenvalue weighted by Gasteiger charge is -2.15. The van der Waals surface area contributed by atoms with Crippen molar-refractivity contribution in [3.8, 4) is 0 Å². The highest BCUT2D eigenvalue weighted by atomic mass is 16.1. The number of ketones is 1. The second-order valence-corrected chi connectivity index (χ2v) is 5.51. The van der Waals surface area contributed by atoms with Crippen LogP contribution in [-0.2, 0) is 0 Å². The Morgan fingerprint density at radius 3 is 2.58 bits per heavy atom. The van der Waals surface area contributed by atoms with Gasteiger partial charge in [0.25, 0.3) is 0 Å². The summed E-state index contributed by atoms with van der Waals surface area (Å²) >= 11 is 0. The summed E-state index contributed by atoms with van der Waals surface area (Å²) in [5.74, 6) is 0.878. The zero-order valence-electron chi connectivity index (χ0n) is 12.5. The monoisotopic (exact) mass is 261 g/mol. The van der Waals surface area contributed by atoms with Crippen molar-refractivity contribution in [1.82, 2.24) is 0 Å². The quantitative estimate of drug-likeness (QED) is 0.718. The number of Topliss-reactive ketones (excluding diaryl/α,β-unsaturated/α-hetero) is 1. The van der Waals surface area contributed by atoms with Gasteiger partial charge in [0.15, 0.2) is 5.78 Å². The molecule has 2 heteroatoms. The third-order valence-corrected chi connectivity index (χ3v) is 3.74. The van der Waals surface area contributed by atoms with Gasteiger partial charge in [0.1, 0.15) is 0 Å². The van der Waals surface area contributed by atoms with Gasteiger partial charge in [-0.05, 0) is 50.8 Å². The van der Waals surface area contributed by atoms with E-state index in [1.165, 1.54) is 12.8 Å². The van der Waals surface area contributed by atoms with E-state index < -0.39 is 0 Å². The molecule has 0 amide bonds. The van der Waals surface area contributed by atoms with E-state index in [1.54, 1.807) is 0 Å². The molecule has 0 heterocycles. The normalized spacial score (nSPS) is 12.4. The maximum Gasteiger partial charge on any atom is 0.163 e. The molecular formula is C17H27NO. The molecule has 0 spiro atoms. The number of carbonyl (C=O) groups is 1. The van der Waals surface area contributed by atoms with E-state index in [-0.39, 0.29) is 5.78 Å². The smallest absolute Gasteiger partial charge is 0.163 e. The molecule has 19 heavy (non-hydrogen) atoms. The predicted molar refractivity (Wildman–Crippen MR) is 81.5 cm³/mol. The van der Waals surface area contributed by atoms with Gasteiger partial charge in [-0.2, -0.15) is 0 Å². The summed E-state index contributed by atoms with van der Waals surface area (Å²) in [6, 6.07) is 6.10. The van der Waals surface area contributed by atoms with Gasteiger partial charge in [-0.3, -0.25) is 4.79 Å². The molecule has 1 atom stereocenters. The van der Waals surface area contributed by atoms with E-state index in [0.29, 0.717) is 12.3 Å². The van der Waals surface area contributed by atoms with E-state index in [0.717, 1.165) is 36.1 Å². The van der Waals surface area contributed by atoms with E-state index in [9.17, 15) is 4.79 Å². The number of nitrogens with two attached hydrogens (primary N) is 1. The molecule has 1 unspecified atom stereocenters. The van der Waals surface area contributed by atoms with Gasteiger partial charge in [-0.15, -0.1) is 0 Å². The van der Waals surface area contributed by atoms with Crippen molar-refractivity contribution in [3.05, 3.63) is 34.9 Å². The van der Waals surface area contributed by atoms with Crippen LogP contribution in [0.4, 0.5) is 0 Å². The number of benzene rings is 1. The average Bonchev–Trinajstić information content (AvgIpc) is 2.39. The van der Waals surface area contributed by atoms with Crippen molar-refractivity contribution in [2.24, 2.45) is 11.7 Å². The Morgan fingerprint density at radius 1 is 1.21 bits per heavy atom. The maximum atomic E-state index is 12.3. The van der Waals surface area contributed by atoms with Gasteiger partial charge in [0.2, 0.25) is 0 Å². The lowest BCUT2D eigenvalue weighted by molar-refractivity contribution is 0.0971. The standard InChI is InChI=1S/C17H27NO/c1-4-5-15(10-11-18)8-9-17(19)16-12-13(2)6-7-14(16)3/h6-7,12,15H,4-5,8-11,18H2,1-3H3. The molecule has 1 aromatic carbocycles. The van der Waals surface area contributed by atoms with Crippen molar-refractivity contribution in [2.45, 2.75) is 52.9 Å². The molecule has 0 bridgehead atoms. The van der Waals surface area contributed by atoms with E-state index in [1.807, 2.05) is 26.0 Å². The van der Waals surface area contributed by atoms with Crippen molar-refractivity contribution < 1.29 is 4.79 Å². The molecule has 0 fully saturated rings. The van der Waals surface area contributed by atoms with Crippen LogP contribution in [0.3, 0.4) is 0 Å². The minimum Gasteiger partial charge on any atom is -0.330 e.